The van der Waals surface area contributed by atoms with Gasteiger partial charge in [-0.2, -0.15) is 0 Å². The fourth-order valence-electron chi connectivity index (χ4n) is 2.67. The van der Waals surface area contributed by atoms with Crippen LogP contribution in [0, 0.1) is 6.92 Å². The van der Waals surface area contributed by atoms with E-state index in [1.807, 2.05) is 6.92 Å². The van der Waals surface area contributed by atoms with Crippen LogP contribution >= 0.6 is 0 Å². The highest BCUT2D eigenvalue weighted by molar-refractivity contribution is 5.21. The standard InChI is InChI=1S/C17H30N2O2/c1-13-14(10-18-17(2,3)4)9-16(21-13)12-19(5)11-15-7-6-8-20-15/h9,15,18H,6-8,10-12H2,1-5H3. The van der Waals surface area contributed by atoms with Gasteiger partial charge in [0.05, 0.1) is 12.6 Å². The van der Waals surface area contributed by atoms with E-state index >= 15 is 0 Å². The van der Waals surface area contributed by atoms with Crippen LogP contribution in [-0.2, 0) is 17.8 Å². The molecule has 4 heteroatoms. The van der Waals surface area contributed by atoms with Crippen molar-refractivity contribution in [2.24, 2.45) is 0 Å². The first kappa shape index (κ1) is 16.5. The topological polar surface area (TPSA) is 37.6 Å². The second-order valence-corrected chi connectivity index (χ2v) is 7.23. The van der Waals surface area contributed by atoms with Crippen molar-refractivity contribution >= 4 is 0 Å². The maximum absolute atomic E-state index is 5.89. The molecule has 4 nitrogen and oxygen atoms in total. The number of hydrogen-bond donors (Lipinski definition) is 1. The maximum Gasteiger partial charge on any atom is 0.118 e. The SMILES string of the molecule is Cc1oc(CN(C)CC2CCCO2)cc1CNC(C)(C)C. The Morgan fingerprint density at radius 1 is 1.38 bits per heavy atom. The van der Waals surface area contributed by atoms with Gasteiger partial charge in [-0.25, -0.2) is 0 Å². The number of hydrogen-bond acceptors (Lipinski definition) is 4. The van der Waals surface area contributed by atoms with E-state index in [1.165, 1.54) is 18.4 Å². The van der Waals surface area contributed by atoms with Crippen molar-refractivity contribution in [1.82, 2.24) is 10.2 Å². The van der Waals surface area contributed by atoms with Gasteiger partial charge in [-0.1, -0.05) is 0 Å². The molecule has 120 valence electrons. The molecule has 0 aromatic carbocycles. The monoisotopic (exact) mass is 294 g/mol. The molecule has 1 saturated heterocycles. The minimum Gasteiger partial charge on any atom is -0.465 e. The number of furan rings is 1. The van der Waals surface area contributed by atoms with Gasteiger partial charge in [0.2, 0.25) is 0 Å². The van der Waals surface area contributed by atoms with Crippen molar-refractivity contribution < 1.29 is 9.15 Å². The number of likely N-dealkylation sites (N-methyl/N-ethyl adjacent to an activating group) is 1. The Morgan fingerprint density at radius 2 is 2.14 bits per heavy atom. The molecule has 2 heterocycles. The van der Waals surface area contributed by atoms with Gasteiger partial charge < -0.3 is 14.5 Å². The molecule has 21 heavy (non-hydrogen) atoms. The first-order chi connectivity index (χ1) is 9.83. The summed E-state index contributed by atoms with van der Waals surface area (Å²) < 4.78 is 11.6. The summed E-state index contributed by atoms with van der Waals surface area (Å²) in [6.07, 6.45) is 2.77. The van der Waals surface area contributed by atoms with Gasteiger partial charge in [-0.15, -0.1) is 0 Å². The molecule has 0 bridgehead atoms. The molecule has 0 amide bonds. The second-order valence-electron chi connectivity index (χ2n) is 7.23. The number of rotatable bonds is 6. The molecule has 0 spiro atoms. The molecule has 0 saturated carbocycles. The molecule has 1 N–H and O–H groups in total. The Balaban J connectivity index is 1.85. The highest BCUT2D eigenvalue weighted by atomic mass is 16.5. The molecular formula is C17H30N2O2. The normalized spacial score (nSPS) is 19.6. The lowest BCUT2D eigenvalue weighted by atomic mass is 10.1. The number of ether oxygens (including phenoxy) is 1. The molecular weight excluding hydrogens is 264 g/mol. The lowest BCUT2D eigenvalue weighted by Gasteiger charge is -2.20. The van der Waals surface area contributed by atoms with Gasteiger partial charge in [-0.3, -0.25) is 4.90 Å². The fourth-order valence-corrected chi connectivity index (χ4v) is 2.67. The second kappa shape index (κ2) is 6.95. The maximum atomic E-state index is 5.89. The minimum absolute atomic E-state index is 0.125. The van der Waals surface area contributed by atoms with Crippen molar-refractivity contribution in [3.05, 3.63) is 23.2 Å². The Morgan fingerprint density at radius 3 is 2.76 bits per heavy atom. The van der Waals surface area contributed by atoms with E-state index in [0.29, 0.717) is 6.10 Å². The highest BCUT2D eigenvalue weighted by Crippen LogP contribution is 2.18. The first-order valence-corrected chi connectivity index (χ1v) is 7.97. The fraction of sp³-hybridized carbons (Fsp3) is 0.765. The van der Waals surface area contributed by atoms with Crippen LogP contribution in [0.3, 0.4) is 0 Å². The van der Waals surface area contributed by atoms with Gasteiger partial charge in [-0.05, 0) is 53.7 Å². The molecule has 2 rings (SSSR count). The van der Waals surface area contributed by atoms with Crippen molar-refractivity contribution in [2.75, 3.05) is 20.2 Å². The molecule has 1 atom stereocenters. The summed E-state index contributed by atoms with van der Waals surface area (Å²) in [7, 11) is 2.13. The van der Waals surface area contributed by atoms with Gasteiger partial charge in [0.25, 0.3) is 0 Å². The summed E-state index contributed by atoms with van der Waals surface area (Å²) in [5.74, 6) is 2.06. The van der Waals surface area contributed by atoms with Crippen molar-refractivity contribution in [3.63, 3.8) is 0 Å². The zero-order valence-electron chi connectivity index (χ0n) is 14.2. The van der Waals surface area contributed by atoms with Crippen LogP contribution in [0.25, 0.3) is 0 Å². The van der Waals surface area contributed by atoms with E-state index in [0.717, 1.165) is 37.8 Å². The average molecular weight is 294 g/mol. The van der Waals surface area contributed by atoms with E-state index in [2.05, 4.69) is 44.1 Å². The molecule has 1 unspecified atom stereocenters. The molecule has 0 radical (unpaired) electrons. The molecule has 1 aliphatic heterocycles. The highest BCUT2D eigenvalue weighted by Gasteiger charge is 2.18. The van der Waals surface area contributed by atoms with Crippen LogP contribution in [-0.4, -0.2) is 36.7 Å². The van der Waals surface area contributed by atoms with E-state index in [4.69, 9.17) is 9.15 Å². The third-order valence-electron chi connectivity index (χ3n) is 3.85. The van der Waals surface area contributed by atoms with Gasteiger partial charge in [0.15, 0.2) is 0 Å². The Kier molecular flexibility index (Phi) is 5.47. The predicted octanol–water partition coefficient (Wildman–Crippen LogP) is 3.09. The van der Waals surface area contributed by atoms with Crippen LogP contribution < -0.4 is 5.32 Å². The van der Waals surface area contributed by atoms with Crippen LogP contribution in [0.15, 0.2) is 10.5 Å². The van der Waals surface area contributed by atoms with Crippen molar-refractivity contribution in [2.45, 2.75) is 65.3 Å². The smallest absolute Gasteiger partial charge is 0.118 e. The summed E-state index contributed by atoms with van der Waals surface area (Å²) >= 11 is 0. The summed E-state index contributed by atoms with van der Waals surface area (Å²) in [5.41, 5.74) is 1.38. The molecule has 1 aromatic rings. The van der Waals surface area contributed by atoms with Crippen LogP contribution in [0.5, 0.6) is 0 Å². The third-order valence-corrected chi connectivity index (χ3v) is 3.85. The van der Waals surface area contributed by atoms with E-state index < -0.39 is 0 Å². The molecule has 1 aromatic heterocycles. The van der Waals surface area contributed by atoms with Crippen LogP contribution in [0.1, 0.15) is 50.7 Å². The zero-order chi connectivity index (χ0) is 15.5. The van der Waals surface area contributed by atoms with Gasteiger partial charge in [0, 0.05) is 30.8 Å². The van der Waals surface area contributed by atoms with Crippen molar-refractivity contribution in [1.29, 1.82) is 0 Å². The average Bonchev–Trinajstić information content (AvgIpc) is 2.96. The van der Waals surface area contributed by atoms with E-state index in [9.17, 15) is 0 Å². The Bertz CT molecular complexity index is 442. The van der Waals surface area contributed by atoms with E-state index in [-0.39, 0.29) is 5.54 Å². The molecule has 1 aliphatic rings. The quantitative estimate of drug-likeness (QED) is 0.875. The predicted molar refractivity (Wildman–Crippen MR) is 85.3 cm³/mol. The summed E-state index contributed by atoms with van der Waals surface area (Å²) in [5, 5.41) is 3.51. The number of nitrogens with zero attached hydrogens (tertiary/aromatic N) is 1. The van der Waals surface area contributed by atoms with E-state index in [1.54, 1.807) is 0 Å². The molecule has 1 fully saturated rings. The Hall–Kier alpha value is -0.840. The summed E-state index contributed by atoms with van der Waals surface area (Å²) in [6.45, 7) is 12.2. The van der Waals surface area contributed by atoms with Gasteiger partial charge >= 0.3 is 0 Å². The van der Waals surface area contributed by atoms with Crippen molar-refractivity contribution in [3.8, 4) is 0 Å². The Labute approximate surface area is 128 Å². The third kappa shape index (κ3) is 5.46. The summed E-state index contributed by atoms with van der Waals surface area (Å²) in [4.78, 5) is 2.29. The molecule has 0 aliphatic carbocycles. The van der Waals surface area contributed by atoms with Crippen LogP contribution in [0.4, 0.5) is 0 Å². The van der Waals surface area contributed by atoms with Crippen LogP contribution in [0.2, 0.25) is 0 Å². The number of nitrogens with one attached hydrogen (secondary N) is 1. The zero-order valence-corrected chi connectivity index (χ0v) is 14.2. The van der Waals surface area contributed by atoms with Gasteiger partial charge in [0.1, 0.15) is 11.5 Å². The lowest BCUT2D eigenvalue weighted by molar-refractivity contribution is 0.0774. The largest absolute Gasteiger partial charge is 0.465 e. The summed E-state index contributed by atoms with van der Waals surface area (Å²) in [6, 6.07) is 2.18. The minimum atomic E-state index is 0.125. The first-order valence-electron chi connectivity index (χ1n) is 7.97. The lowest BCUT2D eigenvalue weighted by Crippen LogP contribution is -2.35. The number of aryl methyl sites for hydroxylation is 1.